The van der Waals surface area contributed by atoms with E-state index < -0.39 is 11.7 Å². The van der Waals surface area contributed by atoms with E-state index in [0.717, 1.165) is 29.6 Å². The third-order valence-corrected chi connectivity index (χ3v) is 2.95. The fourth-order valence-electron chi connectivity index (χ4n) is 1.80. The average molecular weight is 281 g/mol. The number of pyridine rings is 1. The molecule has 0 aliphatic rings. The van der Waals surface area contributed by atoms with Crippen molar-refractivity contribution >= 4 is 11.5 Å². The molecule has 0 spiro atoms. The fraction of sp³-hybridized carbons (Fsp3) is 0.214. The van der Waals surface area contributed by atoms with E-state index in [4.69, 9.17) is 5.73 Å². The summed E-state index contributed by atoms with van der Waals surface area (Å²) >= 11 is 0. The van der Waals surface area contributed by atoms with Crippen LogP contribution < -0.4 is 10.6 Å². The van der Waals surface area contributed by atoms with E-state index in [1.54, 1.807) is 18.0 Å². The highest BCUT2D eigenvalue weighted by atomic mass is 19.4. The molecule has 2 aromatic rings. The molecule has 1 heterocycles. The lowest BCUT2D eigenvalue weighted by Gasteiger charge is -2.20. The van der Waals surface area contributed by atoms with Crippen molar-refractivity contribution in [2.45, 2.75) is 12.7 Å². The van der Waals surface area contributed by atoms with Gasteiger partial charge in [0, 0.05) is 25.5 Å². The van der Waals surface area contributed by atoms with Crippen LogP contribution in [-0.4, -0.2) is 12.0 Å². The minimum Gasteiger partial charge on any atom is -0.329 e. The molecule has 2 N–H and O–H groups in total. The molecule has 106 valence electrons. The molecule has 3 nitrogen and oxygen atoms in total. The van der Waals surface area contributed by atoms with Gasteiger partial charge in [0.1, 0.15) is 5.82 Å². The summed E-state index contributed by atoms with van der Waals surface area (Å²) in [5.74, 6) is 0.231. The second kappa shape index (κ2) is 5.50. The van der Waals surface area contributed by atoms with Gasteiger partial charge in [-0.05, 0) is 29.8 Å². The van der Waals surface area contributed by atoms with E-state index in [1.807, 2.05) is 18.2 Å². The van der Waals surface area contributed by atoms with Crippen LogP contribution in [0.1, 0.15) is 11.1 Å². The predicted octanol–water partition coefficient (Wildman–Crippen LogP) is 3.33. The van der Waals surface area contributed by atoms with Crippen LogP contribution in [0.3, 0.4) is 0 Å². The number of nitrogens with two attached hydrogens (primary N) is 1. The van der Waals surface area contributed by atoms with Crippen molar-refractivity contribution in [3.8, 4) is 0 Å². The standard InChI is InChI=1S/C14H14F3N3/c1-20(12-4-2-3-10(7-12)9-18)13-8-11(5-6-19-13)14(15,16)17/h2-8H,9,18H2,1H3. The Morgan fingerprint density at radius 1 is 1.20 bits per heavy atom. The number of rotatable bonds is 3. The van der Waals surface area contributed by atoms with Crippen molar-refractivity contribution in [3.63, 3.8) is 0 Å². The molecule has 0 amide bonds. The molecule has 0 aliphatic heterocycles. The molecule has 1 aromatic heterocycles. The van der Waals surface area contributed by atoms with Crippen molar-refractivity contribution < 1.29 is 13.2 Å². The first kappa shape index (κ1) is 14.3. The molecule has 0 saturated carbocycles. The second-order valence-corrected chi connectivity index (χ2v) is 4.33. The number of benzene rings is 1. The number of alkyl halides is 3. The first-order valence-corrected chi connectivity index (χ1v) is 5.98. The van der Waals surface area contributed by atoms with E-state index >= 15 is 0 Å². The SMILES string of the molecule is CN(c1cccc(CN)c1)c1cc(C(F)(F)F)ccn1. The molecule has 1 aromatic carbocycles. The highest BCUT2D eigenvalue weighted by molar-refractivity contribution is 5.60. The fourth-order valence-corrected chi connectivity index (χ4v) is 1.80. The zero-order valence-electron chi connectivity index (χ0n) is 10.9. The lowest BCUT2D eigenvalue weighted by molar-refractivity contribution is -0.137. The summed E-state index contributed by atoms with van der Waals surface area (Å²) in [5, 5.41) is 0. The van der Waals surface area contributed by atoms with E-state index in [9.17, 15) is 13.2 Å². The quantitative estimate of drug-likeness (QED) is 0.938. The van der Waals surface area contributed by atoms with Crippen LogP contribution >= 0.6 is 0 Å². The molecule has 0 atom stereocenters. The molecule has 0 bridgehead atoms. The molecule has 0 fully saturated rings. The highest BCUT2D eigenvalue weighted by Crippen LogP contribution is 2.32. The van der Waals surface area contributed by atoms with Crippen molar-refractivity contribution in [3.05, 3.63) is 53.7 Å². The van der Waals surface area contributed by atoms with Gasteiger partial charge in [-0.15, -0.1) is 0 Å². The van der Waals surface area contributed by atoms with Gasteiger partial charge in [-0.1, -0.05) is 12.1 Å². The van der Waals surface area contributed by atoms with Gasteiger partial charge in [-0.3, -0.25) is 0 Å². The number of halogens is 3. The van der Waals surface area contributed by atoms with Crippen LogP contribution in [0.25, 0.3) is 0 Å². The van der Waals surface area contributed by atoms with E-state index in [1.165, 1.54) is 0 Å². The molecule has 2 rings (SSSR count). The third-order valence-electron chi connectivity index (χ3n) is 2.95. The van der Waals surface area contributed by atoms with Crippen LogP contribution in [-0.2, 0) is 12.7 Å². The Kier molecular flexibility index (Phi) is 3.94. The van der Waals surface area contributed by atoms with E-state index in [2.05, 4.69) is 4.98 Å². The van der Waals surface area contributed by atoms with Gasteiger partial charge in [0.2, 0.25) is 0 Å². The van der Waals surface area contributed by atoms with Crippen molar-refractivity contribution in [1.29, 1.82) is 0 Å². The molecular weight excluding hydrogens is 267 g/mol. The van der Waals surface area contributed by atoms with Crippen molar-refractivity contribution in [2.75, 3.05) is 11.9 Å². The van der Waals surface area contributed by atoms with Crippen molar-refractivity contribution in [1.82, 2.24) is 4.98 Å². The zero-order chi connectivity index (χ0) is 14.8. The lowest BCUT2D eigenvalue weighted by Crippen LogP contribution is -2.14. The number of nitrogens with zero attached hydrogens (tertiary/aromatic N) is 2. The summed E-state index contributed by atoms with van der Waals surface area (Å²) in [6.45, 7) is 0.373. The van der Waals surface area contributed by atoms with Gasteiger partial charge in [0.05, 0.1) is 5.56 Å². The molecule has 0 unspecified atom stereocenters. The Labute approximate surface area is 114 Å². The summed E-state index contributed by atoms with van der Waals surface area (Å²) in [7, 11) is 1.66. The monoisotopic (exact) mass is 281 g/mol. The Balaban J connectivity index is 2.35. The minimum absolute atomic E-state index is 0.231. The smallest absolute Gasteiger partial charge is 0.329 e. The first-order chi connectivity index (χ1) is 9.41. The van der Waals surface area contributed by atoms with Crippen LogP contribution in [0.5, 0.6) is 0 Å². The van der Waals surface area contributed by atoms with E-state index in [-0.39, 0.29) is 5.82 Å². The normalized spacial score (nSPS) is 11.4. The van der Waals surface area contributed by atoms with Gasteiger partial charge in [0.15, 0.2) is 0 Å². The Morgan fingerprint density at radius 2 is 1.95 bits per heavy atom. The highest BCUT2D eigenvalue weighted by Gasteiger charge is 2.31. The number of hydrogen-bond acceptors (Lipinski definition) is 3. The molecule has 0 aliphatic carbocycles. The number of aromatic nitrogens is 1. The van der Waals surface area contributed by atoms with Crippen molar-refractivity contribution in [2.24, 2.45) is 5.73 Å². The maximum atomic E-state index is 12.7. The largest absolute Gasteiger partial charge is 0.416 e. The maximum Gasteiger partial charge on any atom is 0.416 e. The lowest BCUT2D eigenvalue weighted by atomic mass is 10.2. The number of anilines is 2. The van der Waals surface area contributed by atoms with Crippen LogP contribution in [0.15, 0.2) is 42.6 Å². The first-order valence-electron chi connectivity index (χ1n) is 5.98. The Bertz CT molecular complexity index is 596. The van der Waals surface area contributed by atoms with Crippen LogP contribution in [0, 0.1) is 0 Å². The summed E-state index contributed by atoms with van der Waals surface area (Å²) in [6, 6.07) is 9.25. The third kappa shape index (κ3) is 3.08. The summed E-state index contributed by atoms with van der Waals surface area (Å²) in [6.07, 6.45) is -3.22. The molecular formula is C14H14F3N3. The average Bonchev–Trinajstić information content (AvgIpc) is 2.46. The Morgan fingerprint density at radius 3 is 2.60 bits per heavy atom. The minimum atomic E-state index is -4.38. The predicted molar refractivity (Wildman–Crippen MR) is 71.6 cm³/mol. The molecule has 20 heavy (non-hydrogen) atoms. The van der Waals surface area contributed by atoms with Gasteiger partial charge >= 0.3 is 6.18 Å². The topological polar surface area (TPSA) is 42.1 Å². The second-order valence-electron chi connectivity index (χ2n) is 4.33. The van der Waals surface area contributed by atoms with Crippen LogP contribution in [0.4, 0.5) is 24.7 Å². The summed E-state index contributed by atoms with van der Waals surface area (Å²) in [4.78, 5) is 5.57. The molecule has 0 radical (unpaired) electrons. The summed E-state index contributed by atoms with van der Waals surface area (Å²) in [5.41, 5.74) is 6.48. The van der Waals surface area contributed by atoms with Gasteiger partial charge < -0.3 is 10.6 Å². The molecule has 0 saturated heterocycles. The molecule has 6 heteroatoms. The summed E-state index contributed by atoms with van der Waals surface area (Å²) < 4.78 is 38.1. The zero-order valence-corrected chi connectivity index (χ0v) is 10.9. The maximum absolute atomic E-state index is 12.7. The van der Waals surface area contributed by atoms with Crippen LogP contribution in [0.2, 0.25) is 0 Å². The van der Waals surface area contributed by atoms with E-state index in [0.29, 0.717) is 6.54 Å². The number of hydrogen-bond donors (Lipinski definition) is 1. The Hall–Kier alpha value is -2.08. The van der Waals surface area contributed by atoms with Gasteiger partial charge in [0.25, 0.3) is 0 Å². The van der Waals surface area contributed by atoms with Gasteiger partial charge in [-0.2, -0.15) is 13.2 Å². The van der Waals surface area contributed by atoms with Gasteiger partial charge in [-0.25, -0.2) is 4.98 Å².